The Labute approximate surface area is 144 Å². The molecule has 118 valence electrons. The molecule has 0 spiro atoms. The highest BCUT2D eigenvalue weighted by Gasteiger charge is 2.36. The standard InChI is InChI=1S/C21H21BN2/c1-4-18(16-10-6-5-7-11-16)22-23(2)19-14-8-12-17-13-9-15-20(21(17)19)24(22)3/h4-15H,1-3H3/b18-4-. The lowest BCUT2D eigenvalue weighted by molar-refractivity contribution is 1.19. The Morgan fingerprint density at radius 3 is 1.92 bits per heavy atom. The van der Waals surface area contributed by atoms with Crippen LogP contribution in [0.3, 0.4) is 0 Å². The summed E-state index contributed by atoms with van der Waals surface area (Å²) in [7, 11) is 4.39. The van der Waals surface area contributed by atoms with Gasteiger partial charge in [-0.25, -0.2) is 0 Å². The van der Waals surface area contributed by atoms with E-state index >= 15 is 0 Å². The molecule has 0 aliphatic carbocycles. The summed E-state index contributed by atoms with van der Waals surface area (Å²) in [6.07, 6.45) is 2.24. The number of hydrogen-bond acceptors (Lipinski definition) is 2. The molecule has 0 fully saturated rings. The van der Waals surface area contributed by atoms with E-state index in [4.69, 9.17) is 0 Å². The van der Waals surface area contributed by atoms with E-state index in [0.29, 0.717) is 0 Å². The third-order valence-corrected chi connectivity index (χ3v) is 5.05. The van der Waals surface area contributed by atoms with Crippen molar-refractivity contribution in [1.29, 1.82) is 0 Å². The van der Waals surface area contributed by atoms with Gasteiger partial charge in [-0.05, 0) is 49.6 Å². The highest BCUT2D eigenvalue weighted by molar-refractivity contribution is 6.86. The molecule has 0 saturated heterocycles. The van der Waals surface area contributed by atoms with Crippen molar-refractivity contribution in [2.24, 2.45) is 0 Å². The molecular formula is C21H21BN2. The Hall–Kier alpha value is -2.68. The highest BCUT2D eigenvalue weighted by Crippen LogP contribution is 2.41. The topological polar surface area (TPSA) is 6.48 Å². The summed E-state index contributed by atoms with van der Waals surface area (Å²) in [5, 5.41) is 2.63. The van der Waals surface area contributed by atoms with Gasteiger partial charge >= 0.3 is 6.98 Å². The fourth-order valence-electron chi connectivity index (χ4n) is 3.93. The Morgan fingerprint density at radius 1 is 0.792 bits per heavy atom. The number of benzene rings is 3. The first kappa shape index (κ1) is 14.9. The lowest BCUT2D eigenvalue weighted by Crippen LogP contribution is -2.53. The molecule has 0 atom stereocenters. The summed E-state index contributed by atoms with van der Waals surface area (Å²) in [5.41, 5.74) is 5.19. The van der Waals surface area contributed by atoms with Crippen LogP contribution in [0.15, 0.2) is 72.8 Å². The summed E-state index contributed by atoms with van der Waals surface area (Å²) < 4.78 is 0. The summed E-state index contributed by atoms with van der Waals surface area (Å²) in [6.45, 7) is 2.31. The van der Waals surface area contributed by atoms with Crippen LogP contribution in [0.25, 0.3) is 16.2 Å². The lowest BCUT2D eigenvalue weighted by Gasteiger charge is -2.42. The van der Waals surface area contributed by atoms with Crippen LogP contribution in [-0.4, -0.2) is 21.1 Å². The van der Waals surface area contributed by atoms with Gasteiger partial charge in [-0.2, -0.15) is 0 Å². The Kier molecular flexibility index (Phi) is 3.57. The number of rotatable bonds is 2. The second-order valence-corrected chi connectivity index (χ2v) is 6.36. The molecule has 1 heterocycles. The van der Waals surface area contributed by atoms with E-state index in [1.807, 2.05) is 0 Å². The first-order valence-corrected chi connectivity index (χ1v) is 8.41. The van der Waals surface area contributed by atoms with Crippen LogP contribution in [0.5, 0.6) is 0 Å². The van der Waals surface area contributed by atoms with Crippen LogP contribution in [0.4, 0.5) is 11.4 Å². The van der Waals surface area contributed by atoms with Gasteiger partial charge in [-0.1, -0.05) is 60.7 Å². The van der Waals surface area contributed by atoms with Gasteiger partial charge in [-0.3, -0.25) is 0 Å². The van der Waals surface area contributed by atoms with Crippen molar-refractivity contribution in [3.05, 3.63) is 78.4 Å². The molecule has 2 nitrogen and oxygen atoms in total. The predicted octanol–water partition coefficient (Wildman–Crippen LogP) is 4.86. The zero-order valence-electron chi connectivity index (χ0n) is 14.4. The van der Waals surface area contributed by atoms with Crippen molar-refractivity contribution in [2.75, 3.05) is 23.7 Å². The molecule has 0 amide bonds. The maximum atomic E-state index is 2.39. The summed E-state index contributed by atoms with van der Waals surface area (Å²) in [4.78, 5) is 4.77. The average Bonchev–Trinajstić information content (AvgIpc) is 2.63. The van der Waals surface area contributed by atoms with Gasteiger partial charge in [-0.15, -0.1) is 0 Å². The highest BCUT2D eigenvalue weighted by atomic mass is 15.2. The largest absolute Gasteiger partial charge is 0.411 e. The molecule has 4 rings (SSSR count). The molecule has 3 aromatic rings. The third-order valence-electron chi connectivity index (χ3n) is 5.05. The van der Waals surface area contributed by atoms with Gasteiger partial charge in [0.15, 0.2) is 0 Å². The lowest BCUT2D eigenvalue weighted by atomic mass is 9.59. The Balaban J connectivity index is 1.91. The molecule has 0 saturated carbocycles. The molecule has 0 bridgehead atoms. The zero-order valence-corrected chi connectivity index (χ0v) is 14.4. The molecule has 24 heavy (non-hydrogen) atoms. The van der Waals surface area contributed by atoms with Crippen molar-refractivity contribution in [3.63, 3.8) is 0 Å². The number of allylic oxidation sites excluding steroid dienone is 1. The normalized spacial score (nSPS) is 14.5. The van der Waals surface area contributed by atoms with Gasteiger partial charge in [0, 0.05) is 16.8 Å². The first-order chi connectivity index (χ1) is 11.7. The fraction of sp³-hybridized carbons (Fsp3) is 0.143. The molecule has 1 aliphatic rings. The van der Waals surface area contributed by atoms with Gasteiger partial charge in [0.05, 0.1) is 0 Å². The molecule has 3 heteroatoms. The molecule has 0 aromatic heterocycles. The monoisotopic (exact) mass is 312 g/mol. The van der Waals surface area contributed by atoms with E-state index < -0.39 is 0 Å². The molecule has 3 aromatic carbocycles. The van der Waals surface area contributed by atoms with Crippen LogP contribution < -0.4 is 9.62 Å². The SMILES string of the molecule is C/C=C(\B1N(C)c2cccc3cccc(c23)N1C)c1ccccc1. The number of hydrogen-bond donors (Lipinski definition) is 0. The first-order valence-electron chi connectivity index (χ1n) is 8.41. The van der Waals surface area contributed by atoms with E-state index in [2.05, 4.69) is 103 Å². The van der Waals surface area contributed by atoms with Crippen LogP contribution in [-0.2, 0) is 0 Å². The number of anilines is 2. The van der Waals surface area contributed by atoms with E-state index in [1.165, 1.54) is 33.2 Å². The van der Waals surface area contributed by atoms with Gasteiger partial charge in [0.1, 0.15) is 0 Å². The summed E-state index contributed by atoms with van der Waals surface area (Å²) in [5.74, 6) is 0. The van der Waals surface area contributed by atoms with Crippen LogP contribution in [0.2, 0.25) is 0 Å². The zero-order chi connectivity index (χ0) is 16.7. The smallest absolute Gasteiger partial charge is 0.394 e. The maximum absolute atomic E-state index is 2.39. The van der Waals surface area contributed by atoms with E-state index in [9.17, 15) is 0 Å². The van der Waals surface area contributed by atoms with Gasteiger partial charge < -0.3 is 9.62 Å². The minimum Gasteiger partial charge on any atom is -0.394 e. The van der Waals surface area contributed by atoms with Crippen LogP contribution in [0.1, 0.15) is 12.5 Å². The summed E-state index contributed by atoms with van der Waals surface area (Å²) >= 11 is 0. The molecule has 0 N–H and O–H groups in total. The maximum Gasteiger partial charge on any atom is 0.411 e. The molecule has 1 aliphatic heterocycles. The van der Waals surface area contributed by atoms with Gasteiger partial charge in [0.25, 0.3) is 0 Å². The Morgan fingerprint density at radius 2 is 1.38 bits per heavy atom. The summed E-state index contributed by atoms with van der Waals surface area (Å²) in [6, 6.07) is 23.8. The quantitative estimate of drug-likeness (QED) is 0.624. The van der Waals surface area contributed by atoms with Crippen LogP contribution >= 0.6 is 0 Å². The minimum absolute atomic E-state index is 0.179. The van der Waals surface area contributed by atoms with E-state index in [-0.39, 0.29) is 6.98 Å². The second-order valence-electron chi connectivity index (χ2n) is 6.36. The van der Waals surface area contributed by atoms with Crippen molar-refractivity contribution in [3.8, 4) is 0 Å². The third kappa shape index (κ3) is 2.12. The van der Waals surface area contributed by atoms with Gasteiger partial charge in [0.2, 0.25) is 0 Å². The average molecular weight is 312 g/mol. The molecule has 0 unspecified atom stereocenters. The van der Waals surface area contributed by atoms with E-state index in [1.54, 1.807) is 0 Å². The van der Waals surface area contributed by atoms with Crippen molar-refractivity contribution in [1.82, 2.24) is 0 Å². The molecular weight excluding hydrogens is 291 g/mol. The van der Waals surface area contributed by atoms with E-state index in [0.717, 1.165) is 0 Å². The number of nitrogens with zero attached hydrogens (tertiary/aromatic N) is 2. The van der Waals surface area contributed by atoms with Crippen molar-refractivity contribution in [2.45, 2.75) is 6.92 Å². The minimum atomic E-state index is 0.179. The predicted molar refractivity (Wildman–Crippen MR) is 107 cm³/mol. The second kappa shape index (κ2) is 5.75. The fourth-order valence-corrected chi connectivity index (χ4v) is 3.93. The van der Waals surface area contributed by atoms with Crippen LogP contribution in [0, 0.1) is 0 Å². The van der Waals surface area contributed by atoms with Crippen molar-refractivity contribution < 1.29 is 0 Å². The van der Waals surface area contributed by atoms with Crippen molar-refractivity contribution >= 4 is 34.6 Å². The Bertz CT molecular complexity index is 873. The molecule has 0 radical (unpaired) electrons.